The smallest absolute Gasteiger partial charge is 0.323 e. The Morgan fingerprint density at radius 3 is 2.23 bits per heavy atom. The van der Waals surface area contributed by atoms with Gasteiger partial charge in [-0.05, 0) is 52.9 Å². The zero-order chi connectivity index (χ0) is 44.1. The van der Waals surface area contributed by atoms with Gasteiger partial charge in [-0.15, -0.1) is 0 Å². The third-order valence-corrected chi connectivity index (χ3v) is 10.4. The first kappa shape index (κ1) is 45.8. The maximum atomic E-state index is 13.5. The lowest BCUT2D eigenvalue weighted by atomic mass is 9.86. The molecule has 1 aliphatic heterocycles. The second-order valence-corrected chi connectivity index (χ2v) is 17.3. The van der Waals surface area contributed by atoms with Crippen LogP contribution in [0.2, 0.25) is 0 Å². The summed E-state index contributed by atoms with van der Waals surface area (Å²) in [4.78, 5) is 25.1. The number of methoxy groups -OCH3 is 2. The summed E-state index contributed by atoms with van der Waals surface area (Å²) in [6.45, 7) is 12.8. The van der Waals surface area contributed by atoms with Crippen LogP contribution in [0, 0.1) is 0 Å². The number of urea groups is 1. The van der Waals surface area contributed by atoms with E-state index in [9.17, 15) is 13.2 Å². The Balaban J connectivity index is 1.07. The van der Waals surface area contributed by atoms with Crippen molar-refractivity contribution < 1.29 is 46.4 Å². The number of fused-ring (bicyclic) bond motifs is 1. The van der Waals surface area contributed by atoms with Gasteiger partial charge in [-0.3, -0.25) is 9.62 Å². The van der Waals surface area contributed by atoms with Crippen LogP contribution >= 0.6 is 0 Å². The second kappa shape index (κ2) is 21.4. The number of carbonyl (C=O) groups is 1. The number of sulfonamides is 1. The van der Waals surface area contributed by atoms with Gasteiger partial charge in [-0.25, -0.2) is 18.2 Å². The topological polar surface area (TPSA) is 181 Å². The minimum absolute atomic E-state index is 0.172. The van der Waals surface area contributed by atoms with E-state index in [4.69, 9.17) is 38.1 Å². The summed E-state index contributed by atoms with van der Waals surface area (Å²) in [5.74, 6) is 2.83. The molecule has 332 valence electrons. The molecule has 0 saturated carbocycles. The first-order valence-corrected chi connectivity index (χ1v) is 22.2. The Kier molecular flexibility index (Phi) is 15.8. The quantitative estimate of drug-likeness (QED) is 0.0676. The van der Waals surface area contributed by atoms with Crippen LogP contribution in [0.4, 0.5) is 21.9 Å². The molecule has 2 amide bonds. The van der Waals surface area contributed by atoms with Crippen molar-refractivity contribution in [2.24, 2.45) is 0 Å². The van der Waals surface area contributed by atoms with Crippen LogP contribution in [0.25, 0.3) is 10.8 Å². The molecule has 62 heavy (non-hydrogen) atoms. The van der Waals surface area contributed by atoms with Gasteiger partial charge in [-0.2, -0.15) is 4.98 Å². The molecule has 6 rings (SSSR count). The fourth-order valence-electron chi connectivity index (χ4n) is 6.71. The summed E-state index contributed by atoms with van der Waals surface area (Å²) in [5, 5.41) is 7.22. The summed E-state index contributed by atoms with van der Waals surface area (Å²) in [6.07, 6.45) is 3.08. The number of morpholine rings is 1. The molecule has 1 aromatic heterocycles. The summed E-state index contributed by atoms with van der Waals surface area (Å²) >= 11 is 0. The van der Waals surface area contributed by atoms with Gasteiger partial charge in [0, 0.05) is 55.2 Å². The molecule has 1 aliphatic rings. The second-order valence-electron chi connectivity index (χ2n) is 15.6. The van der Waals surface area contributed by atoms with E-state index in [1.807, 2.05) is 63.2 Å². The van der Waals surface area contributed by atoms with Crippen molar-refractivity contribution in [2.75, 3.05) is 102 Å². The van der Waals surface area contributed by atoms with Crippen molar-refractivity contribution >= 4 is 43.9 Å². The molecule has 3 N–H and O–H groups in total. The van der Waals surface area contributed by atoms with Gasteiger partial charge < -0.3 is 43.8 Å². The van der Waals surface area contributed by atoms with E-state index >= 15 is 0 Å². The normalized spacial score (nSPS) is 13.4. The predicted molar refractivity (Wildman–Crippen MR) is 239 cm³/mol. The highest BCUT2D eigenvalue weighted by molar-refractivity contribution is 7.92. The average Bonchev–Trinajstić information content (AvgIpc) is 3.23. The number of amides is 2. The van der Waals surface area contributed by atoms with Crippen molar-refractivity contribution in [3.63, 3.8) is 0 Å². The molecule has 5 aromatic rings. The minimum atomic E-state index is -3.64. The SMILES string of the molecule is COc1cc(Cc2nccc(Oc3ccc(NC(=O)Nc4cc(C(C)(C)C)cc(NS(C)(=O)=O)c4OC)c4ccccc34)n2)cc(OCCOCCOCCN2CCOCC2)c1. The molecule has 1 saturated heterocycles. The van der Waals surface area contributed by atoms with Crippen molar-refractivity contribution in [3.05, 3.63) is 95.9 Å². The standard InChI is InChI=1S/C45H56N6O10S/c1-45(2,3)32-28-38(43(56-5)39(29-32)50-62(6,53)54)48-44(52)47-37-11-12-40(36-10-8-7-9-35(36)37)61-42-13-14-46-41(49-42)27-31-25-33(55-4)30-34(26-31)60-24-23-59-22-21-58-20-17-51-15-18-57-19-16-51/h7-14,25-26,28-30,50H,15-24,27H2,1-6H3,(H2,47,48,52). The van der Waals surface area contributed by atoms with Crippen LogP contribution in [0.3, 0.4) is 0 Å². The van der Waals surface area contributed by atoms with Gasteiger partial charge in [0.15, 0.2) is 5.75 Å². The first-order chi connectivity index (χ1) is 29.8. The summed E-state index contributed by atoms with van der Waals surface area (Å²) < 4.78 is 67.1. The maximum absolute atomic E-state index is 13.5. The number of rotatable bonds is 20. The molecule has 0 unspecified atom stereocenters. The lowest BCUT2D eigenvalue weighted by Crippen LogP contribution is -2.38. The molecule has 1 fully saturated rings. The summed E-state index contributed by atoms with van der Waals surface area (Å²) in [7, 11) is -0.630. The third kappa shape index (κ3) is 13.4. The number of anilines is 3. The van der Waals surface area contributed by atoms with Gasteiger partial charge in [0.2, 0.25) is 15.9 Å². The van der Waals surface area contributed by atoms with E-state index in [-0.39, 0.29) is 16.9 Å². The number of benzene rings is 4. The Hall–Kier alpha value is -5.72. The van der Waals surface area contributed by atoms with E-state index < -0.39 is 16.1 Å². The number of ether oxygens (including phenoxy) is 7. The molecule has 0 spiro atoms. The monoisotopic (exact) mass is 872 g/mol. The van der Waals surface area contributed by atoms with E-state index in [2.05, 4.69) is 25.2 Å². The lowest BCUT2D eigenvalue weighted by molar-refractivity contribution is 0.00519. The van der Waals surface area contributed by atoms with Crippen molar-refractivity contribution in [3.8, 4) is 28.9 Å². The first-order valence-electron chi connectivity index (χ1n) is 20.3. The Morgan fingerprint density at radius 1 is 0.806 bits per heavy atom. The minimum Gasteiger partial charge on any atom is -0.497 e. The lowest BCUT2D eigenvalue weighted by Gasteiger charge is -2.26. The van der Waals surface area contributed by atoms with Crippen LogP contribution in [0.15, 0.2) is 79.0 Å². The molecular formula is C45H56N6O10S. The molecule has 0 radical (unpaired) electrons. The number of hydrogen-bond acceptors (Lipinski definition) is 13. The van der Waals surface area contributed by atoms with Crippen LogP contribution in [-0.2, 0) is 36.1 Å². The fraction of sp³-hybridized carbons (Fsp3) is 0.400. The Bertz CT molecular complexity index is 2400. The molecule has 4 aromatic carbocycles. The molecule has 17 heteroatoms. The van der Waals surface area contributed by atoms with Gasteiger partial charge in [0.05, 0.1) is 77.2 Å². The summed E-state index contributed by atoms with van der Waals surface area (Å²) in [5.41, 5.74) is 2.32. The van der Waals surface area contributed by atoms with Crippen molar-refractivity contribution in [2.45, 2.75) is 32.6 Å². The molecule has 2 heterocycles. The average molecular weight is 873 g/mol. The third-order valence-electron chi connectivity index (χ3n) is 9.79. The predicted octanol–water partition coefficient (Wildman–Crippen LogP) is 7.09. The van der Waals surface area contributed by atoms with Crippen LogP contribution in [0.5, 0.6) is 28.9 Å². The molecule has 0 atom stereocenters. The van der Waals surface area contributed by atoms with Gasteiger partial charge in [-0.1, -0.05) is 45.0 Å². The maximum Gasteiger partial charge on any atom is 0.323 e. The Morgan fingerprint density at radius 2 is 1.50 bits per heavy atom. The van der Waals surface area contributed by atoms with Crippen molar-refractivity contribution in [1.29, 1.82) is 0 Å². The Labute approximate surface area is 363 Å². The van der Waals surface area contributed by atoms with E-state index in [0.29, 0.717) is 85.2 Å². The fourth-order valence-corrected chi connectivity index (χ4v) is 7.26. The molecular weight excluding hydrogens is 817 g/mol. The highest BCUT2D eigenvalue weighted by Gasteiger charge is 2.23. The van der Waals surface area contributed by atoms with Crippen LogP contribution < -0.4 is 34.3 Å². The molecule has 16 nitrogen and oxygen atoms in total. The van der Waals surface area contributed by atoms with Gasteiger partial charge in [0.25, 0.3) is 0 Å². The summed E-state index contributed by atoms with van der Waals surface area (Å²) in [6, 6.07) is 21.2. The van der Waals surface area contributed by atoms with Gasteiger partial charge >= 0.3 is 6.03 Å². The number of nitrogens with zero attached hydrogens (tertiary/aromatic N) is 3. The highest BCUT2D eigenvalue weighted by atomic mass is 32.2. The van der Waals surface area contributed by atoms with E-state index in [1.165, 1.54) is 7.11 Å². The molecule has 0 aliphatic carbocycles. The van der Waals surface area contributed by atoms with E-state index in [0.717, 1.165) is 55.6 Å². The van der Waals surface area contributed by atoms with E-state index in [1.54, 1.807) is 43.6 Å². The number of carbonyl (C=O) groups excluding carboxylic acids is 1. The van der Waals surface area contributed by atoms with Crippen LogP contribution in [-0.4, -0.2) is 116 Å². The zero-order valence-corrected chi connectivity index (χ0v) is 36.9. The zero-order valence-electron chi connectivity index (χ0n) is 36.1. The van der Waals surface area contributed by atoms with Crippen molar-refractivity contribution in [1.82, 2.24) is 14.9 Å². The van der Waals surface area contributed by atoms with Crippen LogP contribution in [0.1, 0.15) is 37.7 Å². The molecule has 0 bridgehead atoms. The largest absolute Gasteiger partial charge is 0.497 e. The number of aromatic nitrogens is 2. The number of hydrogen-bond donors (Lipinski definition) is 3. The number of nitrogens with one attached hydrogen (secondary N) is 3. The highest BCUT2D eigenvalue weighted by Crippen LogP contribution is 2.40. The van der Waals surface area contributed by atoms with Gasteiger partial charge in [0.1, 0.15) is 29.7 Å².